The zero-order valence-corrected chi connectivity index (χ0v) is 21.3. The first-order valence-electron chi connectivity index (χ1n) is 12.5. The van der Waals surface area contributed by atoms with Gasteiger partial charge < -0.3 is 19.7 Å². The van der Waals surface area contributed by atoms with E-state index in [1.54, 1.807) is 18.3 Å². The average molecular weight is 492 g/mol. The van der Waals surface area contributed by atoms with Crippen LogP contribution < -0.4 is 0 Å². The number of rotatable bonds is 2. The zero-order valence-electron chi connectivity index (χ0n) is 20.5. The Balaban J connectivity index is 1.53. The molecule has 0 unspecified atom stereocenters. The molecule has 1 aliphatic carbocycles. The Morgan fingerprint density at radius 3 is 2.59 bits per heavy atom. The van der Waals surface area contributed by atoms with Crippen LogP contribution in [0, 0.1) is 24.2 Å². The second-order valence-corrected chi connectivity index (χ2v) is 11.6. The van der Waals surface area contributed by atoms with Crippen molar-refractivity contribution in [3.05, 3.63) is 21.7 Å². The van der Waals surface area contributed by atoms with Gasteiger partial charge in [-0.15, -0.1) is 11.3 Å². The molecule has 2 aliphatic heterocycles. The van der Waals surface area contributed by atoms with Crippen LogP contribution in [0.15, 0.2) is 11.0 Å². The molecule has 2 saturated heterocycles. The van der Waals surface area contributed by atoms with Crippen molar-refractivity contribution in [3.8, 4) is 0 Å². The Labute approximate surface area is 205 Å². The highest BCUT2D eigenvalue weighted by molar-refractivity contribution is 7.09. The molecule has 3 aliphatic rings. The van der Waals surface area contributed by atoms with Crippen molar-refractivity contribution in [1.29, 1.82) is 0 Å². The molecule has 1 saturated carbocycles. The fraction of sp³-hybridized carbons (Fsp3) is 0.731. The van der Waals surface area contributed by atoms with E-state index in [1.807, 2.05) is 32.2 Å². The van der Waals surface area contributed by atoms with Crippen LogP contribution in [0.25, 0.3) is 6.08 Å². The summed E-state index contributed by atoms with van der Waals surface area (Å²) in [4.78, 5) is 30.6. The van der Waals surface area contributed by atoms with Crippen molar-refractivity contribution < 1.29 is 29.3 Å². The number of aryl methyl sites for hydroxylation is 1. The maximum absolute atomic E-state index is 13.2. The summed E-state index contributed by atoms with van der Waals surface area (Å²) in [5.41, 5.74) is 0.769. The number of esters is 1. The van der Waals surface area contributed by atoms with Crippen molar-refractivity contribution in [3.63, 3.8) is 0 Å². The van der Waals surface area contributed by atoms with E-state index in [4.69, 9.17) is 9.47 Å². The van der Waals surface area contributed by atoms with Crippen LogP contribution in [0.5, 0.6) is 0 Å². The molecule has 4 rings (SSSR count). The number of ether oxygens (including phenoxy) is 2. The van der Waals surface area contributed by atoms with E-state index in [0.29, 0.717) is 19.3 Å². The van der Waals surface area contributed by atoms with E-state index in [-0.39, 0.29) is 30.3 Å². The molecular formula is C26H37NO6S. The maximum Gasteiger partial charge on any atom is 0.309 e. The lowest BCUT2D eigenvalue weighted by Gasteiger charge is -2.29. The number of epoxide rings is 1. The first-order chi connectivity index (χ1) is 16.1. The highest BCUT2D eigenvalue weighted by Crippen LogP contribution is 2.52. The molecule has 1 spiro atoms. The van der Waals surface area contributed by atoms with E-state index < -0.39 is 35.6 Å². The quantitative estimate of drug-likeness (QED) is 0.478. The van der Waals surface area contributed by atoms with Gasteiger partial charge >= 0.3 is 5.97 Å². The van der Waals surface area contributed by atoms with E-state index in [1.165, 1.54) is 0 Å². The van der Waals surface area contributed by atoms with Crippen molar-refractivity contribution in [2.24, 2.45) is 17.3 Å². The summed E-state index contributed by atoms with van der Waals surface area (Å²) in [6, 6.07) is 0. The standard InChI is InChI=1S/C26H37NO6S/c1-14-6-5-7-19-21(32-19)11-20(15(2)10-18-13-34-17(4)27-18)33-23(29)12-22(28)26(8-9-26)25(31)16(3)24(14)30/h10,13-14,16,19-22,24,28,30H,5-9,11-12H2,1-4H3/b15-10+/t14-,16-,19+,20-,21+,22-,24+/m0/s1. The number of cyclic esters (lactones) is 1. The summed E-state index contributed by atoms with van der Waals surface area (Å²) in [5.74, 6) is -1.28. The molecule has 7 nitrogen and oxygen atoms in total. The lowest BCUT2D eigenvalue weighted by atomic mass is 9.79. The Morgan fingerprint density at radius 1 is 1.21 bits per heavy atom. The molecule has 0 radical (unpaired) electrons. The van der Waals surface area contributed by atoms with E-state index in [2.05, 4.69) is 4.98 Å². The number of fused-ring (bicyclic) bond motifs is 1. The van der Waals surface area contributed by atoms with Crippen LogP contribution in [-0.4, -0.2) is 57.5 Å². The third kappa shape index (κ3) is 5.61. The number of ketones is 1. The summed E-state index contributed by atoms with van der Waals surface area (Å²) in [7, 11) is 0. The third-order valence-electron chi connectivity index (χ3n) is 7.86. The smallest absolute Gasteiger partial charge is 0.309 e. The molecule has 3 heterocycles. The predicted molar refractivity (Wildman–Crippen MR) is 129 cm³/mol. The Bertz CT molecular complexity index is 937. The number of nitrogens with zero attached hydrogens (tertiary/aromatic N) is 1. The zero-order chi connectivity index (χ0) is 24.6. The first-order valence-corrected chi connectivity index (χ1v) is 13.3. The number of thiazole rings is 1. The Hall–Kier alpha value is -1.61. The minimum atomic E-state index is -1.11. The maximum atomic E-state index is 13.2. The molecule has 0 aromatic carbocycles. The number of carbonyl (C=O) groups is 2. The number of aromatic nitrogens is 1. The van der Waals surface area contributed by atoms with Crippen molar-refractivity contribution in [2.45, 2.75) is 103 Å². The van der Waals surface area contributed by atoms with Gasteiger partial charge in [0.15, 0.2) is 0 Å². The summed E-state index contributed by atoms with van der Waals surface area (Å²) < 4.78 is 11.7. The molecule has 0 amide bonds. The molecule has 1 aromatic rings. The largest absolute Gasteiger partial charge is 0.458 e. The number of hydrogen-bond donors (Lipinski definition) is 2. The third-order valence-corrected chi connectivity index (χ3v) is 8.65. The van der Waals surface area contributed by atoms with Gasteiger partial charge in [0.25, 0.3) is 0 Å². The van der Waals surface area contributed by atoms with Gasteiger partial charge in [0.05, 0.1) is 47.0 Å². The van der Waals surface area contributed by atoms with E-state index in [0.717, 1.165) is 35.5 Å². The van der Waals surface area contributed by atoms with E-state index >= 15 is 0 Å². The van der Waals surface area contributed by atoms with Crippen LogP contribution in [0.3, 0.4) is 0 Å². The highest BCUT2D eigenvalue weighted by Gasteiger charge is 2.57. The summed E-state index contributed by atoms with van der Waals surface area (Å²) in [6.07, 6.45) is 3.69. The van der Waals surface area contributed by atoms with Crippen LogP contribution in [0.1, 0.15) is 76.4 Å². The number of aliphatic hydroxyl groups is 2. The summed E-state index contributed by atoms with van der Waals surface area (Å²) >= 11 is 1.57. The van der Waals surface area contributed by atoms with Gasteiger partial charge in [-0.05, 0) is 57.1 Å². The lowest BCUT2D eigenvalue weighted by molar-refractivity contribution is -0.152. The van der Waals surface area contributed by atoms with Crippen molar-refractivity contribution in [2.75, 3.05) is 0 Å². The SMILES string of the molecule is C/C(=C\c1csc(C)n1)[C@@H]1C[C@H]2O[C@@H]2CCC[C@H](C)[C@@H](O)[C@H](C)C(=O)C2(CC2)[C@@H](O)CC(=O)O1. The topological polar surface area (TPSA) is 109 Å². The van der Waals surface area contributed by atoms with Crippen LogP contribution >= 0.6 is 11.3 Å². The molecule has 188 valence electrons. The van der Waals surface area contributed by atoms with Gasteiger partial charge in [-0.2, -0.15) is 0 Å². The minimum absolute atomic E-state index is 0.0201. The van der Waals surface area contributed by atoms with Crippen LogP contribution in [-0.2, 0) is 19.1 Å². The van der Waals surface area contributed by atoms with Gasteiger partial charge in [0.1, 0.15) is 11.9 Å². The summed E-state index contributed by atoms with van der Waals surface area (Å²) in [6.45, 7) is 7.58. The van der Waals surface area contributed by atoms with Gasteiger partial charge in [-0.3, -0.25) is 9.59 Å². The predicted octanol–water partition coefficient (Wildman–Crippen LogP) is 3.84. The molecule has 0 bridgehead atoms. The molecule has 2 N–H and O–H groups in total. The fourth-order valence-electron chi connectivity index (χ4n) is 5.30. The molecule has 1 aromatic heterocycles. The lowest BCUT2D eigenvalue weighted by Crippen LogP contribution is -2.41. The van der Waals surface area contributed by atoms with Crippen molar-refractivity contribution in [1.82, 2.24) is 4.98 Å². The molecule has 34 heavy (non-hydrogen) atoms. The first kappa shape index (κ1) is 25.5. The monoisotopic (exact) mass is 491 g/mol. The highest BCUT2D eigenvalue weighted by atomic mass is 32.1. The second-order valence-electron chi connectivity index (χ2n) is 10.5. The van der Waals surface area contributed by atoms with E-state index in [9.17, 15) is 19.8 Å². The number of carbonyl (C=O) groups excluding carboxylic acids is 2. The fourth-order valence-corrected chi connectivity index (χ4v) is 5.87. The average Bonchev–Trinajstić information content (AvgIpc) is 3.70. The summed E-state index contributed by atoms with van der Waals surface area (Å²) in [5, 5.41) is 24.6. The van der Waals surface area contributed by atoms with Crippen LogP contribution in [0.4, 0.5) is 0 Å². The van der Waals surface area contributed by atoms with Crippen LogP contribution in [0.2, 0.25) is 0 Å². The van der Waals surface area contributed by atoms with Crippen molar-refractivity contribution >= 4 is 29.2 Å². The van der Waals surface area contributed by atoms with Gasteiger partial charge in [0.2, 0.25) is 0 Å². The number of hydrogen-bond acceptors (Lipinski definition) is 8. The Morgan fingerprint density at radius 2 is 1.94 bits per heavy atom. The number of Topliss-reactive ketones (excluding diaryl/α,β-unsaturated/α-hetero) is 1. The minimum Gasteiger partial charge on any atom is -0.458 e. The normalized spacial score (nSPS) is 37.2. The number of aliphatic hydroxyl groups excluding tert-OH is 2. The second kappa shape index (κ2) is 10.2. The molecule has 8 heteroatoms. The molecule has 3 fully saturated rings. The molecular weight excluding hydrogens is 454 g/mol. The van der Waals surface area contributed by atoms with Gasteiger partial charge in [-0.25, -0.2) is 4.98 Å². The molecule has 7 atom stereocenters. The van der Waals surface area contributed by atoms with Gasteiger partial charge in [0, 0.05) is 17.7 Å². The Kier molecular flexibility index (Phi) is 7.62. The van der Waals surface area contributed by atoms with Gasteiger partial charge in [-0.1, -0.05) is 20.3 Å².